The first-order chi connectivity index (χ1) is 16.5. The third kappa shape index (κ3) is 3.53. The highest BCUT2D eigenvalue weighted by Crippen LogP contribution is 2.38. The number of amides is 1. The Morgan fingerprint density at radius 2 is 2.09 bits per heavy atom. The highest BCUT2D eigenvalue weighted by molar-refractivity contribution is 6.00. The number of ether oxygens (including phenoxy) is 1. The standard InChI is InChI=1S/C26H30N6O2/c1-30-24-21(12-17(13-23(24)34-2)26(33)31-10-4-5-18(27)15-31)29-25(30)20-14-19-6-3-9-28-32(19)22(20)11-16-7-8-16/h3,6,9,12-14,16,18H,4-5,7-8,10-11,15,27H2,1-2H3/t18-/m1/s1. The van der Waals surface area contributed by atoms with E-state index in [1.165, 1.54) is 18.5 Å². The van der Waals surface area contributed by atoms with E-state index >= 15 is 0 Å². The number of carbonyl (C=O) groups is 1. The zero-order valence-corrected chi connectivity index (χ0v) is 19.7. The molecule has 1 aliphatic carbocycles. The number of benzene rings is 1. The number of aromatic nitrogens is 4. The second-order valence-electron chi connectivity index (χ2n) is 9.71. The van der Waals surface area contributed by atoms with Crippen LogP contribution in [0.2, 0.25) is 0 Å². The molecule has 1 atom stereocenters. The summed E-state index contributed by atoms with van der Waals surface area (Å²) in [6.45, 7) is 1.32. The Balaban J connectivity index is 1.47. The molecule has 1 aromatic carbocycles. The van der Waals surface area contributed by atoms with Crippen LogP contribution in [0, 0.1) is 5.92 Å². The molecular formula is C26H30N6O2. The molecule has 2 aliphatic rings. The molecule has 1 saturated heterocycles. The lowest BCUT2D eigenvalue weighted by atomic mass is 10.0. The third-order valence-electron chi connectivity index (χ3n) is 7.20. The van der Waals surface area contributed by atoms with Crippen molar-refractivity contribution in [1.82, 2.24) is 24.1 Å². The number of hydrogen-bond acceptors (Lipinski definition) is 5. The Kier molecular flexibility index (Phi) is 5.06. The predicted octanol–water partition coefficient (Wildman–Crippen LogP) is 3.41. The minimum absolute atomic E-state index is 0.0178. The lowest BCUT2D eigenvalue weighted by molar-refractivity contribution is 0.0708. The van der Waals surface area contributed by atoms with Gasteiger partial charge in [-0.2, -0.15) is 5.10 Å². The molecule has 1 aliphatic heterocycles. The molecular weight excluding hydrogens is 428 g/mol. The van der Waals surface area contributed by atoms with Crippen molar-refractivity contribution in [3.05, 3.63) is 47.8 Å². The highest BCUT2D eigenvalue weighted by atomic mass is 16.5. The number of carbonyl (C=O) groups excluding carboxylic acids is 1. The number of hydrogen-bond donors (Lipinski definition) is 1. The zero-order valence-electron chi connectivity index (χ0n) is 19.7. The lowest BCUT2D eigenvalue weighted by Crippen LogP contribution is -2.45. The monoisotopic (exact) mass is 458 g/mol. The van der Waals surface area contributed by atoms with Gasteiger partial charge in [0.15, 0.2) is 0 Å². The molecule has 1 amide bonds. The summed E-state index contributed by atoms with van der Waals surface area (Å²) in [4.78, 5) is 20.2. The third-order valence-corrected chi connectivity index (χ3v) is 7.20. The molecule has 1 saturated carbocycles. The van der Waals surface area contributed by atoms with Gasteiger partial charge in [-0.3, -0.25) is 4.79 Å². The Hall–Kier alpha value is -3.39. The first kappa shape index (κ1) is 21.2. The predicted molar refractivity (Wildman–Crippen MR) is 131 cm³/mol. The fourth-order valence-electron chi connectivity index (χ4n) is 5.26. The van der Waals surface area contributed by atoms with Gasteiger partial charge >= 0.3 is 0 Å². The summed E-state index contributed by atoms with van der Waals surface area (Å²) >= 11 is 0. The van der Waals surface area contributed by atoms with Crippen LogP contribution >= 0.6 is 0 Å². The van der Waals surface area contributed by atoms with Gasteiger partial charge in [0.25, 0.3) is 5.91 Å². The van der Waals surface area contributed by atoms with E-state index in [1.54, 1.807) is 7.11 Å². The first-order valence-corrected chi connectivity index (χ1v) is 12.1. The van der Waals surface area contributed by atoms with E-state index in [-0.39, 0.29) is 11.9 Å². The molecule has 176 valence electrons. The Labute approximate surface area is 198 Å². The number of likely N-dealkylation sites (tertiary alicyclic amines) is 1. The van der Waals surface area contributed by atoms with Gasteiger partial charge in [-0.1, -0.05) is 0 Å². The Morgan fingerprint density at radius 1 is 1.24 bits per heavy atom. The number of nitrogens with two attached hydrogens (primary N) is 1. The van der Waals surface area contributed by atoms with Crippen LogP contribution < -0.4 is 10.5 Å². The fraction of sp³-hybridized carbons (Fsp3) is 0.423. The maximum absolute atomic E-state index is 13.3. The summed E-state index contributed by atoms with van der Waals surface area (Å²) in [5.74, 6) is 2.20. The number of methoxy groups -OCH3 is 1. The molecule has 34 heavy (non-hydrogen) atoms. The second-order valence-corrected chi connectivity index (χ2v) is 9.71. The van der Waals surface area contributed by atoms with Crippen molar-refractivity contribution < 1.29 is 9.53 Å². The van der Waals surface area contributed by atoms with E-state index in [1.807, 2.05) is 40.9 Å². The lowest BCUT2D eigenvalue weighted by Gasteiger charge is -2.30. The summed E-state index contributed by atoms with van der Waals surface area (Å²) in [6.07, 6.45) is 7.23. The summed E-state index contributed by atoms with van der Waals surface area (Å²) in [6, 6.07) is 9.96. The largest absolute Gasteiger partial charge is 0.494 e. The summed E-state index contributed by atoms with van der Waals surface area (Å²) in [5.41, 5.74) is 11.7. The van der Waals surface area contributed by atoms with Crippen molar-refractivity contribution in [3.8, 4) is 17.1 Å². The molecule has 8 heteroatoms. The molecule has 8 nitrogen and oxygen atoms in total. The zero-order chi connectivity index (χ0) is 23.4. The van der Waals surface area contributed by atoms with Crippen molar-refractivity contribution in [1.29, 1.82) is 0 Å². The summed E-state index contributed by atoms with van der Waals surface area (Å²) in [5, 5.41) is 4.62. The van der Waals surface area contributed by atoms with Crippen molar-refractivity contribution in [3.63, 3.8) is 0 Å². The molecule has 0 spiro atoms. The second kappa shape index (κ2) is 8.13. The highest BCUT2D eigenvalue weighted by Gasteiger charge is 2.28. The number of aryl methyl sites for hydroxylation is 1. The molecule has 0 radical (unpaired) electrons. The number of fused-ring (bicyclic) bond motifs is 2. The topological polar surface area (TPSA) is 90.7 Å². The molecule has 2 N–H and O–H groups in total. The Bertz CT molecular complexity index is 1400. The van der Waals surface area contributed by atoms with Crippen LogP contribution in [0.3, 0.4) is 0 Å². The minimum atomic E-state index is -0.0178. The van der Waals surface area contributed by atoms with E-state index < -0.39 is 0 Å². The van der Waals surface area contributed by atoms with Gasteiger partial charge in [-0.25, -0.2) is 9.50 Å². The molecule has 0 unspecified atom stereocenters. The first-order valence-electron chi connectivity index (χ1n) is 12.1. The van der Waals surface area contributed by atoms with E-state index in [9.17, 15) is 4.79 Å². The van der Waals surface area contributed by atoms with Crippen molar-refractivity contribution >= 4 is 22.5 Å². The maximum atomic E-state index is 13.3. The van der Waals surface area contributed by atoms with E-state index in [4.69, 9.17) is 15.5 Å². The molecule has 0 bridgehead atoms. The van der Waals surface area contributed by atoms with E-state index in [0.29, 0.717) is 23.8 Å². The average Bonchev–Trinajstić information content (AvgIpc) is 3.52. The van der Waals surface area contributed by atoms with E-state index in [0.717, 1.165) is 53.7 Å². The molecule has 6 rings (SSSR count). The van der Waals surface area contributed by atoms with Gasteiger partial charge in [0.2, 0.25) is 0 Å². The van der Waals surface area contributed by atoms with Gasteiger partial charge in [0.05, 0.1) is 23.8 Å². The van der Waals surface area contributed by atoms with Crippen LogP contribution in [0.4, 0.5) is 0 Å². The van der Waals surface area contributed by atoms with Crippen LogP contribution in [0.5, 0.6) is 5.75 Å². The SMILES string of the molecule is COc1cc(C(=O)N2CCC[C@@H](N)C2)cc2nc(-c3cc4cccnn4c3CC3CC3)n(C)c12. The van der Waals surface area contributed by atoms with Gasteiger partial charge in [-0.15, -0.1) is 0 Å². The minimum Gasteiger partial charge on any atom is -0.494 e. The van der Waals surface area contributed by atoms with Crippen molar-refractivity contribution in [2.24, 2.45) is 18.7 Å². The normalized spacial score (nSPS) is 18.7. The fourth-order valence-corrected chi connectivity index (χ4v) is 5.26. The maximum Gasteiger partial charge on any atom is 0.254 e. The van der Waals surface area contributed by atoms with Crippen molar-refractivity contribution in [2.45, 2.75) is 38.1 Å². The molecule has 2 fully saturated rings. The van der Waals surface area contributed by atoms with Gasteiger partial charge in [-0.05, 0) is 68.4 Å². The van der Waals surface area contributed by atoms with Gasteiger partial charge < -0.3 is 19.9 Å². The van der Waals surface area contributed by atoms with Crippen LogP contribution in [-0.4, -0.2) is 56.2 Å². The number of rotatable bonds is 5. The Morgan fingerprint density at radius 3 is 2.85 bits per heavy atom. The summed E-state index contributed by atoms with van der Waals surface area (Å²) < 4.78 is 9.86. The van der Waals surface area contributed by atoms with Gasteiger partial charge in [0.1, 0.15) is 17.1 Å². The molecule has 4 heterocycles. The van der Waals surface area contributed by atoms with Crippen LogP contribution in [0.1, 0.15) is 41.7 Å². The van der Waals surface area contributed by atoms with Crippen LogP contribution in [0.15, 0.2) is 36.5 Å². The van der Waals surface area contributed by atoms with Gasteiger partial charge in [0, 0.05) is 43.5 Å². The summed E-state index contributed by atoms with van der Waals surface area (Å²) in [7, 11) is 3.65. The smallest absolute Gasteiger partial charge is 0.254 e. The average molecular weight is 459 g/mol. The van der Waals surface area contributed by atoms with Crippen molar-refractivity contribution in [2.75, 3.05) is 20.2 Å². The van der Waals surface area contributed by atoms with Crippen LogP contribution in [-0.2, 0) is 13.5 Å². The molecule has 4 aromatic rings. The van der Waals surface area contributed by atoms with E-state index in [2.05, 4.69) is 21.8 Å². The number of nitrogens with zero attached hydrogens (tertiary/aromatic N) is 5. The molecule has 3 aromatic heterocycles. The number of piperidine rings is 1. The quantitative estimate of drug-likeness (QED) is 0.495. The van der Waals surface area contributed by atoms with Crippen LogP contribution in [0.25, 0.3) is 27.9 Å². The number of imidazole rings is 1.